The molecule has 0 aromatic heterocycles. The highest BCUT2D eigenvalue weighted by molar-refractivity contribution is 5.91. The van der Waals surface area contributed by atoms with E-state index in [-0.39, 0.29) is 5.91 Å². The van der Waals surface area contributed by atoms with Crippen LogP contribution in [0, 0.1) is 0 Å². The average Bonchev–Trinajstić information content (AvgIpc) is 3.07. The highest BCUT2D eigenvalue weighted by Gasteiger charge is 2.16. The van der Waals surface area contributed by atoms with E-state index in [0.29, 0.717) is 18.9 Å². The standard InChI is InChI=1S/C18H24N2O2/c21-18(17-9-3-6-12-22-17)19-13-15-7-1-2-8-16(15)14-20-10-4-5-11-20/h1-2,7-9H,3-6,10-14H2,(H,19,21). The van der Waals surface area contributed by atoms with Gasteiger partial charge >= 0.3 is 0 Å². The fourth-order valence-corrected chi connectivity index (χ4v) is 3.04. The number of hydrogen-bond donors (Lipinski definition) is 1. The number of nitrogens with one attached hydrogen (secondary N) is 1. The average molecular weight is 300 g/mol. The highest BCUT2D eigenvalue weighted by Crippen LogP contribution is 2.16. The van der Waals surface area contributed by atoms with Crippen LogP contribution in [0.3, 0.4) is 0 Å². The maximum atomic E-state index is 12.1. The first-order valence-corrected chi connectivity index (χ1v) is 8.23. The molecule has 2 aliphatic rings. The molecule has 4 heteroatoms. The monoisotopic (exact) mass is 300 g/mol. The number of hydrogen-bond acceptors (Lipinski definition) is 3. The molecule has 0 bridgehead atoms. The predicted octanol–water partition coefficient (Wildman–Crippen LogP) is 2.59. The first-order valence-electron chi connectivity index (χ1n) is 8.23. The molecule has 3 rings (SSSR count). The van der Waals surface area contributed by atoms with Gasteiger partial charge in [-0.05, 0) is 56.0 Å². The van der Waals surface area contributed by atoms with E-state index >= 15 is 0 Å². The number of carbonyl (C=O) groups is 1. The van der Waals surface area contributed by atoms with Gasteiger partial charge in [-0.3, -0.25) is 9.69 Å². The summed E-state index contributed by atoms with van der Waals surface area (Å²) in [7, 11) is 0. The second-order valence-electron chi connectivity index (χ2n) is 5.99. The summed E-state index contributed by atoms with van der Waals surface area (Å²) < 4.78 is 5.41. The molecule has 2 aliphatic heterocycles. The third kappa shape index (κ3) is 3.89. The molecule has 1 amide bonds. The van der Waals surface area contributed by atoms with E-state index in [1.54, 1.807) is 0 Å². The summed E-state index contributed by atoms with van der Waals surface area (Å²) in [4.78, 5) is 14.6. The smallest absolute Gasteiger partial charge is 0.286 e. The van der Waals surface area contributed by atoms with Gasteiger partial charge in [-0.25, -0.2) is 0 Å². The maximum absolute atomic E-state index is 12.1. The van der Waals surface area contributed by atoms with E-state index in [9.17, 15) is 4.79 Å². The zero-order valence-electron chi connectivity index (χ0n) is 13.0. The van der Waals surface area contributed by atoms with Crippen molar-refractivity contribution >= 4 is 5.91 Å². The van der Waals surface area contributed by atoms with E-state index in [4.69, 9.17) is 4.74 Å². The van der Waals surface area contributed by atoms with E-state index in [0.717, 1.165) is 19.4 Å². The second-order valence-corrected chi connectivity index (χ2v) is 5.99. The number of nitrogens with zero attached hydrogens (tertiary/aromatic N) is 1. The summed E-state index contributed by atoms with van der Waals surface area (Å²) in [5.74, 6) is 0.374. The number of benzene rings is 1. The van der Waals surface area contributed by atoms with Crippen molar-refractivity contribution < 1.29 is 9.53 Å². The molecule has 1 fully saturated rings. The number of likely N-dealkylation sites (tertiary alicyclic amines) is 1. The van der Waals surface area contributed by atoms with Gasteiger partial charge in [-0.1, -0.05) is 24.3 Å². The molecule has 0 unspecified atom stereocenters. The molecule has 0 radical (unpaired) electrons. The quantitative estimate of drug-likeness (QED) is 0.909. The molecule has 118 valence electrons. The van der Waals surface area contributed by atoms with Crippen molar-refractivity contribution in [3.8, 4) is 0 Å². The van der Waals surface area contributed by atoms with Gasteiger partial charge in [-0.15, -0.1) is 0 Å². The maximum Gasteiger partial charge on any atom is 0.286 e. The largest absolute Gasteiger partial charge is 0.488 e. The Labute approximate surface area is 132 Å². The van der Waals surface area contributed by atoms with Crippen LogP contribution < -0.4 is 5.32 Å². The molecule has 1 saturated heterocycles. The van der Waals surface area contributed by atoms with Gasteiger partial charge in [0.2, 0.25) is 0 Å². The molecule has 22 heavy (non-hydrogen) atoms. The minimum absolute atomic E-state index is 0.101. The Balaban J connectivity index is 1.59. The van der Waals surface area contributed by atoms with Crippen LogP contribution >= 0.6 is 0 Å². The molecule has 1 N–H and O–H groups in total. The second kappa shape index (κ2) is 7.45. The molecule has 4 nitrogen and oxygen atoms in total. The molecule has 0 spiro atoms. The molecule has 0 atom stereocenters. The minimum atomic E-state index is -0.101. The summed E-state index contributed by atoms with van der Waals surface area (Å²) >= 11 is 0. The van der Waals surface area contributed by atoms with Crippen LogP contribution in [0.2, 0.25) is 0 Å². The van der Waals surface area contributed by atoms with Crippen LogP contribution in [0.25, 0.3) is 0 Å². The number of carbonyl (C=O) groups excluding carboxylic acids is 1. The normalized spacial score (nSPS) is 18.6. The van der Waals surface area contributed by atoms with Crippen LogP contribution in [0.4, 0.5) is 0 Å². The molecular weight excluding hydrogens is 276 g/mol. The van der Waals surface area contributed by atoms with Gasteiger partial charge in [0, 0.05) is 13.1 Å². The van der Waals surface area contributed by atoms with Crippen molar-refractivity contribution in [2.75, 3.05) is 19.7 Å². The Hall–Kier alpha value is -1.81. The third-order valence-corrected chi connectivity index (χ3v) is 4.31. The highest BCUT2D eigenvalue weighted by atomic mass is 16.5. The van der Waals surface area contributed by atoms with E-state index in [1.807, 2.05) is 12.1 Å². The molecular formula is C18H24N2O2. The van der Waals surface area contributed by atoms with Gasteiger partial charge in [0.05, 0.1) is 6.61 Å². The lowest BCUT2D eigenvalue weighted by atomic mass is 10.1. The first kappa shape index (κ1) is 15.1. The van der Waals surface area contributed by atoms with Gasteiger partial charge < -0.3 is 10.1 Å². The predicted molar refractivity (Wildman–Crippen MR) is 86.1 cm³/mol. The topological polar surface area (TPSA) is 41.6 Å². The summed E-state index contributed by atoms with van der Waals surface area (Å²) in [5.41, 5.74) is 2.50. The van der Waals surface area contributed by atoms with E-state index < -0.39 is 0 Å². The van der Waals surface area contributed by atoms with Gasteiger partial charge in [0.1, 0.15) is 0 Å². The van der Waals surface area contributed by atoms with Crippen molar-refractivity contribution in [2.24, 2.45) is 0 Å². The lowest BCUT2D eigenvalue weighted by molar-refractivity contribution is -0.121. The van der Waals surface area contributed by atoms with Crippen LogP contribution in [0.1, 0.15) is 36.8 Å². The van der Waals surface area contributed by atoms with Gasteiger partial charge in [-0.2, -0.15) is 0 Å². The van der Waals surface area contributed by atoms with Crippen molar-refractivity contribution in [1.82, 2.24) is 10.2 Å². The van der Waals surface area contributed by atoms with Gasteiger partial charge in [0.25, 0.3) is 5.91 Å². The fourth-order valence-electron chi connectivity index (χ4n) is 3.04. The Morgan fingerprint density at radius 3 is 2.64 bits per heavy atom. The fraction of sp³-hybridized carbons (Fsp3) is 0.500. The SMILES string of the molecule is O=C(NCc1ccccc1CN1CCCC1)C1=CCCCO1. The number of amides is 1. The van der Waals surface area contributed by atoms with Gasteiger partial charge in [0.15, 0.2) is 5.76 Å². The van der Waals surface area contributed by atoms with Crippen molar-refractivity contribution in [2.45, 2.75) is 38.8 Å². The lowest BCUT2D eigenvalue weighted by Crippen LogP contribution is -2.28. The van der Waals surface area contributed by atoms with E-state index in [1.165, 1.54) is 37.1 Å². The van der Waals surface area contributed by atoms with Crippen molar-refractivity contribution in [1.29, 1.82) is 0 Å². The van der Waals surface area contributed by atoms with Crippen molar-refractivity contribution in [3.63, 3.8) is 0 Å². The zero-order chi connectivity index (χ0) is 15.2. The zero-order valence-corrected chi connectivity index (χ0v) is 13.0. The molecule has 0 saturated carbocycles. The molecule has 2 heterocycles. The van der Waals surface area contributed by atoms with Crippen LogP contribution in [-0.2, 0) is 22.6 Å². The Kier molecular flexibility index (Phi) is 5.11. The van der Waals surface area contributed by atoms with Crippen molar-refractivity contribution in [3.05, 3.63) is 47.2 Å². The molecule has 1 aromatic carbocycles. The summed E-state index contributed by atoms with van der Waals surface area (Å²) in [6.45, 7) is 4.54. The summed E-state index contributed by atoms with van der Waals surface area (Å²) in [5, 5.41) is 2.98. The number of allylic oxidation sites excluding steroid dienone is 1. The Morgan fingerprint density at radius 1 is 1.14 bits per heavy atom. The molecule has 0 aliphatic carbocycles. The Bertz CT molecular complexity index is 548. The van der Waals surface area contributed by atoms with Crippen LogP contribution in [0.5, 0.6) is 0 Å². The summed E-state index contributed by atoms with van der Waals surface area (Å²) in [6, 6.07) is 8.37. The first-order chi connectivity index (χ1) is 10.8. The number of ether oxygens (including phenoxy) is 1. The summed E-state index contributed by atoms with van der Waals surface area (Å²) in [6.07, 6.45) is 6.40. The van der Waals surface area contributed by atoms with E-state index in [2.05, 4.69) is 28.4 Å². The molecule has 1 aromatic rings. The minimum Gasteiger partial charge on any atom is -0.488 e. The lowest BCUT2D eigenvalue weighted by Gasteiger charge is -2.18. The number of rotatable bonds is 5. The third-order valence-electron chi connectivity index (χ3n) is 4.31. The Morgan fingerprint density at radius 2 is 1.91 bits per heavy atom. The van der Waals surface area contributed by atoms with Crippen LogP contribution in [-0.4, -0.2) is 30.5 Å². The van der Waals surface area contributed by atoms with Crippen LogP contribution in [0.15, 0.2) is 36.1 Å².